The lowest BCUT2D eigenvalue weighted by molar-refractivity contribution is 0.122. The molecule has 0 aromatic carbocycles. The molecule has 0 radical (unpaired) electrons. The predicted octanol–water partition coefficient (Wildman–Crippen LogP) is 1.60. The van der Waals surface area contributed by atoms with Crippen molar-refractivity contribution in [2.24, 2.45) is 4.99 Å². The fourth-order valence-electron chi connectivity index (χ4n) is 1.86. The molecule has 1 aromatic heterocycles. The number of hydrogen-bond donors (Lipinski definition) is 0. The lowest BCUT2D eigenvalue weighted by atomic mass is 10.2. The molecule has 2 heterocycles. The SMILES string of the molecule is C=Cc1nc(C)nc(N2CCOCC2)c1N=C. The van der Waals surface area contributed by atoms with Crippen LogP contribution >= 0.6 is 0 Å². The molecule has 0 N–H and O–H groups in total. The van der Waals surface area contributed by atoms with Crippen LogP contribution in [0.25, 0.3) is 6.08 Å². The molecule has 2 rings (SSSR count). The molecule has 0 atom stereocenters. The highest BCUT2D eigenvalue weighted by Gasteiger charge is 2.18. The number of rotatable bonds is 3. The molecule has 1 aliphatic heterocycles. The van der Waals surface area contributed by atoms with E-state index in [0.29, 0.717) is 24.7 Å². The zero-order valence-corrected chi connectivity index (χ0v) is 10.0. The maximum Gasteiger partial charge on any atom is 0.159 e. The van der Waals surface area contributed by atoms with Crippen molar-refractivity contribution in [1.82, 2.24) is 9.97 Å². The summed E-state index contributed by atoms with van der Waals surface area (Å²) in [6, 6.07) is 0. The van der Waals surface area contributed by atoms with Crippen molar-refractivity contribution in [3.05, 3.63) is 18.1 Å². The van der Waals surface area contributed by atoms with Gasteiger partial charge in [0.15, 0.2) is 5.82 Å². The van der Waals surface area contributed by atoms with E-state index in [0.717, 1.165) is 24.6 Å². The van der Waals surface area contributed by atoms with Crippen LogP contribution in [-0.2, 0) is 4.74 Å². The monoisotopic (exact) mass is 232 g/mol. The number of ether oxygens (including phenoxy) is 1. The summed E-state index contributed by atoms with van der Waals surface area (Å²) in [5, 5.41) is 0. The molecule has 17 heavy (non-hydrogen) atoms. The summed E-state index contributed by atoms with van der Waals surface area (Å²) in [6.07, 6.45) is 1.68. The lowest BCUT2D eigenvalue weighted by Gasteiger charge is -2.29. The minimum atomic E-state index is 0.701. The van der Waals surface area contributed by atoms with E-state index in [2.05, 4.69) is 33.2 Å². The second kappa shape index (κ2) is 5.05. The van der Waals surface area contributed by atoms with Crippen LogP contribution in [0.5, 0.6) is 0 Å². The summed E-state index contributed by atoms with van der Waals surface area (Å²) < 4.78 is 5.33. The summed E-state index contributed by atoms with van der Waals surface area (Å²) in [7, 11) is 0. The van der Waals surface area contributed by atoms with Gasteiger partial charge in [-0.2, -0.15) is 0 Å². The van der Waals surface area contributed by atoms with Crippen LogP contribution in [0.1, 0.15) is 11.5 Å². The highest BCUT2D eigenvalue weighted by molar-refractivity contribution is 5.73. The van der Waals surface area contributed by atoms with E-state index in [1.807, 2.05) is 6.92 Å². The topological polar surface area (TPSA) is 50.6 Å². The van der Waals surface area contributed by atoms with Gasteiger partial charge < -0.3 is 9.64 Å². The van der Waals surface area contributed by atoms with Gasteiger partial charge >= 0.3 is 0 Å². The van der Waals surface area contributed by atoms with Crippen molar-refractivity contribution in [2.75, 3.05) is 31.2 Å². The van der Waals surface area contributed by atoms with Crippen molar-refractivity contribution in [1.29, 1.82) is 0 Å². The molecule has 1 aliphatic rings. The second-order valence-electron chi connectivity index (χ2n) is 3.79. The summed E-state index contributed by atoms with van der Waals surface area (Å²) in [5.74, 6) is 1.54. The standard InChI is InChI=1S/C12H16N4O/c1-4-10-11(13-3)12(15-9(2)14-10)16-5-7-17-8-6-16/h4H,1,3,5-8H2,2H3. The maximum absolute atomic E-state index is 5.33. The fourth-order valence-corrected chi connectivity index (χ4v) is 1.86. The van der Waals surface area contributed by atoms with E-state index >= 15 is 0 Å². The smallest absolute Gasteiger partial charge is 0.159 e. The van der Waals surface area contributed by atoms with Gasteiger partial charge in [-0.15, -0.1) is 0 Å². The van der Waals surface area contributed by atoms with Crippen LogP contribution in [0, 0.1) is 6.92 Å². The third-order valence-corrected chi connectivity index (χ3v) is 2.67. The molecule has 5 nitrogen and oxygen atoms in total. The van der Waals surface area contributed by atoms with E-state index in [-0.39, 0.29) is 0 Å². The molecular formula is C12H16N4O. The van der Waals surface area contributed by atoms with E-state index in [4.69, 9.17) is 4.74 Å². The molecule has 1 saturated heterocycles. The van der Waals surface area contributed by atoms with Crippen molar-refractivity contribution < 1.29 is 4.74 Å². The highest BCUT2D eigenvalue weighted by atomic mass is 16.5. The number of morpholine rings is 1. The van der Waals surface area contributed by atoms with Crippen LogP contribution in [0.15, 0.2) is 11.6 Å². The molecule has 0 bridgehead atoms. The number of aromatic nitrogens is 2. The van der Waals surface area contributed by atoms with Gasteiger partial charge in [0.25, 0.3) is 0 Å². The first kappa shape index (κ1) is 11.7. The third-order valence-electron chi connectivity index (χ3n) is 2.67. The molecule has 90 valence electrons. The maximum atomic E-state index is 5.33. The molecular weight excluding hydrogens is 216 g/mol. The number of aliphatic imine (C=N–C) groups is 1. The molecule has 1 aromatic rings. The lowest BCUT2D eigenvalue weighted by Crippen LogP contribution is -2.37. The van der Waals surface area contributed by atoms with Gasteiger partial charge in [0.2, 0.25) is 0 Å². The van der Waals surface area contributed by atoms with E-state index in [1.54, 1.807) is 6.08 Å². The Morgan fingerprint density at radius 1 is 1.35 bits per heavy atom. The Labute approximate surface area is 101 Å². The van der Waals surface area contributed by atoms with Gasteiger partial charge in [-0.1, -0.05) is 6.58 Å². The van der Waals surface area contributed by atoms with Crippen LogP contribution in [0.3, 0.4) is 0 Å². The van der Waals surface area contributed by atoms with Crippen molar-refractivity contribution >= 4 is 24.3 Å². The van der Waals surface area contributed by atoms with Crippen molar-refractivity contribution in [2.45, 2.75) is 6.92 Å². The molecule has 0 spiro atoms. The first-order chi connectivity index (χ1) is 8.26. The van der Waals surface area contributed by atoms with Gasteiger partial charge in [0, 0.05) is 13.1 Å². The van der Waals surface area contributed by atoms with E-state index in [1.165, 1.54) is 0 Å². The second-order valence-corrected chi connectivity index (χ2v) is 3.79. The molecule has 0 amide bonds. The molecule has 1 fully saturated rings. The number of aryl methyl sites for hydroxylation is 1. The Kier molecular flexibility index (Phi) is 3.49. The normalized spacial score (nSPS) is 15.7. The van der Waals surface area contributed by atoms with Gasteiger partial charge in [0.05, 0.1) is 18.9 Å². The Morgan fingerprint density at radius 3 is 2.65 bits per heavy atom. The number of anilines is 1. The van der Waals surface area contributed by atoms with Gasteiger partial charge in [-0.25, -0.2) is 9.97 Å². The largest absolute Gasteiger partial charge is 0.378 e. The number of hydrogen-bond acceptors (Lipinski definition) is 5. The molecule has 0 unspecified atom stereocenters. The van der Waals surface area contributed by atoms with E-state index < -0.39 is 0 Å². The minimum Gasteiger partial charge on any atom is -0.378 e. The zero-order chi connectivity index (χ0) is 12.3. The van der Waals surface area contributed by atoms with Crippen molar-refractivity contribution in [3.8, 4) is 0 Å². The van der Waals surface area contributed by atoms with Crippen molar-refractivity contribution in [3.63, 3.8) is 0 Å². The van der Waals surface area contributed by atoms with Crippen LogP contribution in [-0.4, -0.2) is 43.0 Å². The highest BCUT2D eigenvalue weighted by Crippen LogP contribution is 2.30. The Morgan fingerprint density at radius 2 is 2.06 bits per heavy atom. The quantitative estimate of drug-likeness (QED) is 0.743. The Bertz CT molecular complexity index is 438. The average Bonchev–Trinajstić information content (AvgIpc) is 2.38. The van der Waals surface area contributed by atoms with Crippen LogP contribution < -0.4 is 4.90 Å². The first-order valence-corrected chi connectivity index (χ1v) is 5.56. The molecule has 0 aliphatic carbocycles. The third kappa shape index (κ3) is 2.34. The summed E-state index contributed by atoms with van der Waals surface area (Å²) in [6.45, 7) is 12.3. The summed E-state index contributed by atoms with van der Waals surface area (Å²) in [4.78, 5) is 14.9. The molecule has 5 heteroatoms. The van der Waals surface area contributed by atoms with Gasteiger partial charge in [-0.3, -0.25) is 4.99 Å². The molecule has 0 saturated carbocycles. The van der Waals surface area contributed by atoms with Crippen LogP contribution in [0.2, 0.25) is 0 Å². The average molecular weight is 232 g/mol. The minimum absolute atomic E-state index is 0.701. The Balaban J connectivity index is 2.46. The predicted molar refractivity (Wildman–Crippen MR) is 69.1 cm³/mol. The summed E-state index contributed by atoms with van der Waals surface area (Å²) >= 11 is 0. The summed E-state index contributed by atoms with van der Waals surface area (Å²) in [5.41, 5.74) is 1.43. The van der Waals surface area contributed by atoms with E-state index in [9.17, 15) is 0 Å². The zero-order valence-electron chi connectivity index (χ0n) is 10.0. The van der Waals surface area contributed by atoms with Crippen LogP contribution in [0.4, 0.5) is 11.5 Å². The first-order valence-electron chi connectivity index (χ1n) is 5.56. The fraction of sp³-hybridized carbons (Fsp3) is 0.417. The van der Waals surface area contributed by atoms with Gasteiger partial charge in [0.1, 0.15) is 11.5 Å². The van der Waals surface area contributed by atoms with Gasteiger partial charge in [-0.05, 0) is 19.7 Å². The Hall–Kier alpha value is -1.75. The number of nitrogens with zero attached hydrogens (tertiary/aromatic N) is 4.